The van der Waals surface area contributed by atoms with Gasteiger partial charge in [-0.05, 0) is 24.3 Å². The highest BCUT2D eigenvalue weighted by Gasteiger charge is 2.04. The van der Waals surface area contributed by atoms with Crippen molar-refractivity contribution in [2.45, 2.75) is 11.8 Å². The van der Waals surface area contributed by atoms with Gasteiger partial charge in [-0.3, -0.25) is 9.59 Å². The third-order valence-corrected chi connectivity index (χ3v) is 3.03. The summed E-state index contributed by atoms with van der Waals surface area (Å²) >= 11 is 1.48. The van der Waals surface area contributed by atoms with Crippen molar-refractivity contribution < 1.29 is 9.59 Å². The summed E-state index contributed by atoms with van der Waals surface area (Å²) in [6.07, 6.45) is 0. The van der Waals surface area contributed by atoms with Gasteiger partial charge in [-0.25, -0.2) is 0 Å². The van der Waals surface area contributed by atoms with Crippen molar-refractivity contribution in [2.24, 2.45) is 0 Å². The number of nitrogens with zero attached hydrogens (tertiary/aromatic N) is 1. The SMILES string of the molecule is CC(=O)Nc1ccc(SCC(=O)N(C)C)cc1. The molecule has 0 atom stereocenters. The Morgan fingerprint density at radius 1 is 1.24 bits per heavy atom. The van der Waals surface area contributed by atoms with Gasteiger partial charge in [0.15, 0.2) is 0 Å². The first kappa shape index (κ1) is 13.6. The zero-order valence-corrected chi connectivity index (χ0v) is 11.0. The summed E-state index contributed by atoms with van der Waals surface area (Å²) in [6, 6.07) is 7.42. The maximum absolute atomic E-state index is 11.4. The number of rotatable bonds is 4. The molecule has 0 bridgehead atoms. The molecular formula is C12H16N2O2S. The second-order valence-corrected chi connectivity index (χ2v) is 4.83. The molecule has 1 N–H and O–H groups in total. The Morgan fingerprint density at radius 2 is 1.82 bits per heavy atom. The Kier molecular flexibility index (Phi) is 5.03. The van der Waals surface area contributed by atoms with Gasteiger partial charge in [-0.2, -0.15) is 0 Å². The molecule has 0 saturated heterocycles. The van der Waals surface area contributed by atoms with Crippen LogP contribution in [0.4, 0.5) is 5.69 Å². The molecule has 0 saturated carbocycles. The lowest BCUT2D eigenvalue weighted by atomic mass is 10.3. The van der Waals surface area contributed by atoms with Gasteiger partial charge in [0, 0.05) is 31.6 Å². The first-order valence-corrected chi connectivity index (χ1v) is 6.18. The minimum atomic E-state index is -0.0896. The normalized spacial score (nSPS) is 9.82. The lowest BCUT2D eigenvalue weighted by molar-refractivity contribution is -0.125. The number of hydrogen-bond donors (Lipinski definition) is 1. The summed E-state index contributed by atoms with van der Waals surface area (Å²) in [4.78, 5) is 24.8. The Hall–Kier alpha value is -1.49. The predicted octanol–water partition coefficient (Wildman–Crippen LogP) is 1.83. The van der Waals surface area contributed by atoms with Crippen molar-refractivity contribution in [1.29, 1.82) is 0 Å². The van der Waals surface area contributed by atoms with E-state index < -0.39 is 0 Å². The minimum absolute atomic E-state index is 0.0842. The van der Waals surface area contributed by atoms with E-state index in [0.29, 0.717) is 5.75 Å². The van der Waals surface area contributed by atoms with Crippen LogP contribution in [-0.2, 0) is 9.59 Å². The van der Waals surface area contributed by atoms with Gasteiger partial charge in [-0.15, -0.1) is 11.8 Å². The lowest BCUT2D eigenvalue weighted by Crippen LogP contribution is -2.23. The van der Waals surface area contributed by atoms with Crippen LogP contribution in [0.3, 0.4) is 0 Å². The number of hydrogen-bond acceptors (Lipinski definition) is 3. The smallest absolute Gasteiger partial charge is 0.232 e. The number of benzene rings is 1. The van der Waals surface area contributed by atoms with E-state index >= 15 is 0 Å². The van der Waals surface area contributed by atoms with Crippen molar-refractivity contribution >= 4 is 29.3 Å². The van der Waals surface area contributed by atoms with Gasteiger partial charge >= 0.3 is 0 Å². The Bertz CT molecular complexity index is 401. The number of carbonyl (C=O) groups is 2. The van der Waals surface area contributed by atoms with E-state index in [9.17, 15) is 9.59 Å². The molecule has 0 aromatic heterocycles. The summed E-state index contributed by atoms with van der Waals surface area (Å²) < 4.78 is 0. The van der Waals surface area contributed by atoms with Gasteiger partial charge in [0.05, 0.1) is 5.75 Å². The number of anilines is 1. The zero-order valence-electron chi connectivity index (χ0n) is 10.2. The highest BCUT2D eigenvalue weighted by atomic mass is 32.2. The van der Waals surface area contributed by atoms with E-state index in [0.717, 1.165) is 10.6 Å². The minimum Gasteiger partial charge on any atom is -0.348 e. The fraction of sp³-hybridized carbons (Fsp3) is 0.333. The summed E-state index contributed by atoms with van der Waals surface area (Å²) in [5.41, 5.74) is 0.765. The Morgan fingerprint density at radius 3 is 2.29 bits per heavy atom. The molecule has 5 heteroatoms. The molecule has 0 aliphatic carbocycles. The van der Waals surface area contributed by atoms with Crippen LogP contribution in [0.1, 0.15) is 6.92 Å². The van der Waals surface area contributed by atoms with Crippen LogP contribution in [-0.4, -0.2) is 36.6 Å². The van der Waals surface area contributed by atoms with E-state index in [1.54, 1.807) is 19.0 Å². The first-order chi connectivity index (χ1) is 7.99. The fourth-order valence-corrected chi connectivity index (χ4v) is 1.99. The molecule has 17 heavy (non-hydrogen) atoms. The molecule has 4 nitrogen and oxygen atoms in total. The topological polar surface area (TPSA) is 49.4 Å². The van der Waals surface area contributed by atoms with Gasteiger partial charge in [0.2, 0.25) is 11.8 Å². The van der Waals surface area contributed by atoms with Crippen molar-refractivity contribution in [3.05, 3.63) is 24.3 Å². The molecule has 92 valence electrons. The Balaban J connectivity index is 2.51. The lowest BCUT2D eigenvalue weighted by Gasteiger charge is -2.09. The average Bonchev–Trinajstić information content (AvgIpc) is 2.26. The average molecular weight is 252 g/mol. The van der Waals surface area contributed by atoms with Crippen molar-refractivity contribution in [1.82, 2.24) is 4.90 Å². The van der Waals surface area contributed by atoms with E-state index in [2.05, 4.69) is 5.32 Å². The van der Waals surface area contributed by atoms with Crippen LogP contribution < -0.4 is 5.32 Å². The predicted molar refractivity (Wildman–Crippen MR) is 70.2 cm³/mol. The number of nitrogens with one attached hydrogen (secondary N) is 1. The molecule has 1 aromatic rings. The van der Waals surface area contributed by atoms with Crippen LogP contribution in [0.2, 0.25) is 0 Å². The number of amides is 2. The summed E-state index contributed by atoms with van der Waals surface area (Å²) in [5.74, 6) is 0.418. The molecular weight excluding hydrogens is 236 g/mol. The molecule has 0 radical (unpaired) electrons. The second-order valence-electron chi connectivity index (χ2n) is 3.78. The van der Waals surface area contributed by atoms with Gasteiger partial charge in [0.1, 0.15) is 0 Å². The number of thioether (sulfide) groups is 1. The molecule has 0 aliphatic rings. The highest BCUT2D eigenvalue weighted by molar-refractivity contribution is 8.00. The molecule has 2 amide bonds. The largest absolute Gasteiger partial charge is 0.348 e. The third kappa shape index (κ3) is 4.91. The number of carbonyl (C=O) groups excluding carboxylic acids is 2. The second kappa shape index (κ2) is 6.30. The maximum Gasteiger partial charge on any atom is 0.232 e. The van der Waals surface area contributed by atoms with Gasteiger partial charge in [-0.1, -0.05) is 0 Å². The van der Waals surface area contributed by atoms with Crippen LogP contribution in [0.5, 0.6) is 0 Å². The van der Waals surface area contributed by atoms with E-state index in [-0.39, 0.29) is 11.8 Å². The standard InChI is InChI=1S/C12H16N2O2S/c1-9(15)13-10-4-6-11(7-5-10)17-8-12(16)14(2)3/h4-7H,8H2,1-3H3,(H,13,15). The monoisotopic (exact) mass is 252 g/mol. The summed E-state index contributed by atoms with van der Waals surface area (Å²) in [6.45, 7) is 1.47. The quantitative estimate of drug-likeness (QED) is 0.832. The Labute approximate surface area is 105 Å². The summed E-state index contributed by atoms with van der Waals surface area (Å²) in [7, 11) is 3.48. The van der Waals surface area contributed by atoms with Crippen molar-refractivity contribution in [3.63, 3.8) is 0 Å². The van der Waals surface area contributed by atoms with Gasteiger partial charge in [0.25, 0.3) is 0 Å². The molecule has 0 spiro atoms. The van der Waals surface area contributed by atoms with Crippen LogP contribution in [0.25, 0.3) is 0 Å². The van der Waals surface area contributed by atoms with Crippen LogP contribution in [0, 0.1) is 0 Å². The van der Waals surface area contributed by atoms with Crippen LogP contribution in [0.15, 0.2) is 29.2 Å². The maximum atomic E-state index is 11.4. The highest BCUT2D eigenvalue weighted by Crippen LogP contribution is 2.20. The summed E-state index contributed by atoms with van der Waals surface area (Å²) in [5, 5.41) is 2.69. The molecule has 0 fully saturated rings. The molecule has 1 aromatic carbocycles. The van der Waals surface area contributed by atoms with E-state index in [4.69, 9.17) is 0 Å². The molecule has 0 unspecified atom stereocenters. The van der Waals surface area contributed by atoms with Crippen LogP contribution >= 0.6 is 11.8 Å². The first-order valence-electron chi connectivity index (χ1n) is 5.19. The van der Waals surface area contributed by atoms with E-state index in [1.165, 1.54) is 18.7 Å². The van der Waals surface area contributed by atoms with Crippen molar-refractivity contribution in [2.75, 3.05) is 25.2 Å². The molecule has 1 rings (SSSR count). The van der Waals surface area contributed by atoms with E-state index in [1.807, 2.05) is 24.3 Å². The fourth-order valence-electron chi connectivity index (χ4n) is 1.11. The molecule has 0 aliphatic heterocycles. The van der Waals surface area contributed by atoms with Gasteiger partial charge < -0.3 is 10.2 Å². The molecule has 0 heterocycles. The zero-order chi connectivity index (χ0) is 12.8. The third-order valence-electron chi connectivity index (χ3n) is 2.04. The van der Waals surface area contributed by atoms with Crippen molar-refractivity contribution in [3.8, 4) is 0 Å².